The minimum Gasteiger partial charge on any atom is -0.420 e. The average Bonchev–Trinajstić information content (AvgIpc) is 2.76. The molecule has 2 atom stereocenters. The molecule has 0 amide bonds. The van der Waals surface area contributed by atoms with E-state index in [-0.39, 0.29) is 23.8 Å². The minimum atomic E-state index is -0.207. The van der Waals surface area contributed by atoms with Gasteiger partial charge in [0.15, 0.2) is 0 Å². The van der Waals surface area contributed by atoms with Crippen LogP contribution in [0.25, 0.3) is 0 Å². The summed E-state index contributed by atoms with van der Waals surface area (Å²) in [6, 6.07) is 21.8. The molecule has 2 aliphatic rings. The standard InChI is InChI=1S/C26H22BFN2O/c27-20-6-12-25-19(13-20)5-11-24(17-1-7-21(28)8-2-17)26(25)18-3-9-22(10-4-18)30-14-23(15-30)31-16-29/h1-4,6-10,12-13,23-24,26H,5,11,14-15H2. The zero-order chi connectivity index (χ0) is 21.4. The molecule has 2 radical (unpaired) electrons. The second-order valence-electron chi connectivity index (χ2n) is 8.46. The Morgan fingerprint density at radius 2 is 1.68 bits per heavy atom. The van der Waals surface area contributed by atoms with E-state index in [4.69, 9.17) is 17.8 Å². The van der Waals surface area contributed by atoms with E-state index in [1.54, 1.807) is 18.4 Å². The van der Waals surface area contributed by atoms with Crippen LogP contribution in [0.2, 0.25) is 0 Å². The maximum atomic E-state index is 13.5. The summed E-state index contributed by atoms with van der Waals surface area (Å²) in [5.41, 5.74) is 6.93. The molecule has 3 nitrogen and oxygen atoms in total. The van der Waals surface area contributed by atoms with Gasteiger partial charge in [-0.15, -0.1) is 0 Å². The van der Waals surface area contributed by atoms with E-state index in [2.05, 4.69) is 41.3 Å². The van der Waals surface area contributed by atoms with E-state index in [1.807, 2.05) is 18.2 Å². The van der Waals surface area contributed by atoms with Crippen LogP contribution in [0.1, 0.15) is 40.5 Å². The predicted molar refractivity (Wildman–Crippen MR) is 120 cm³/mol. The van der Waals surface area contributed by atoms with Crippen LogP contribution in [0.3, 0.4) is 0 Å². The Morgan fingerprint density at radius 1 is 0.968 bits per heavy atom. The highest BCUT2D eigenvalue weighted by Crippen LogP contribution is 2.46. The van der Waals surface area contributed by atoms with Crippen molar-refractivity contribution < 1.29 is 9.13 Å². The van der Waals surface area contributed by atoms with Gasteiger partial charge in [0.25, 0.3) is 6.26 Å². The van der Waals surface area contributed by atoms with Gasteiger partial charge < -0.3 is 9.64 Å². The number of hydrogen-bond acceptors (Lipinski definition) is 3. The minimum absolute atomic E-state index is 0.0109. The number of nitriles is 1. The molecule has 1 saturated heterocycles. The van der Waals surface area contributed by atoms with Crippen molar-refractivity contribution in [3.05, 3.63) is 94.8 Å². The molecule has 1 aliphatic heterocycles. The number of nitrogens with zero attached hydrogens (tertiary/aromatic N) is 2. The largest absolute Gasteiger partial charge is 0.420 e. The Morgan fingerprint density at radius 3 is 2.39 bits per heavy atom. The SMILES string of the molecule is [B]c1ccc2c(c1)CCC(c1ccc(F)cc1)C2c1ccc(N2CC(OC#N)C2)cc1. The Hall–Kier alpha value is -3.26. The Balaban J connectivity index is 1.48. The first-order valence-electron chi connectivity index (χ1n) is 10.7. The number of anilines is 1. The molecule has 1 aliphatic carbocycles. The predicted octanol–water partition coefficient (Wildman–Crippen LogP) is 4.17. The first-order valence-corrected chi connectivity index (χ1v) is 10.7. The molecule has 0 aromatic heterocycles. The Bertz CT molecular complexity index is 1120. The normalized spacial score (nSPS) is 20.5. The van der Waals surface area contributed by atoms with Crippen LogP contribution >= 0.6 is 0 Å². The fraction of sp³-hybridized carbons (Fsp3) is 0.269. The molecular formula is C26H22BFN2O. The summed E-state index contributed by atoms with van der Waals surface area (Å²) >= 11 is 0. The molecule has 3 aromatic carbocycles. The van der Waals surface area contributed by atoms with Crippen LogP contribution in [0, 0.1) is 17.3 Å². The van der Waals surface area contributed by atoms with Crippen molar-refractivity contribution in [1.29, 1.82) is 5.26 Å². The molecule has 0 bridgehead atoms. The number of hydrogen-bond donors (Lipinski definition) is 0. The van der Waals surface area contributed by atoms with Gasteiger partial charge in [-0.25, -0.2) is 4.39 Å². The zero-order valence-electron chi connectivity index (χ0n) is 17.2. The highest BCUT2D eigenvalue weighted by molar-refractivity contribution is 6.32. The molecule has 0 N–H and O–H groups in total. The maximum Gasteiger partial charge on any atom is 0.286 e. The second-order valence-corrected chi connectivity index (χ2v) is 8.46. The van der Waals surface area contributed by atoms with Crippen molar-refractivity contribution in [3.63, 3.8) is 0 Å². The number of benzene rings is 3. The Labute approximate surface area is 183 Å². The molecule has 5 rings (SSSR count). The van der Waals surface area contributed by atoms with Gasteiger partial charge in [-0.1, -0.05) is 47.9 Å². The van der Waals surface area contributed by atoms with Crippen LogP contribution in [0.5, 0.6) is 0 Å². The maximum absolute atomic E-state index is 13.5. The van der Waals surface area contributed by atoms with Gasteiger partial charge >= 0.3 is 0 Å². The molecule has 2 unspecified atom stereocenters. The smallest absolute Gasteiger partial charge is 0.286 e. The lowest BCUT2D eigenvalue weighted by Gasteiger charge is -2.39. The van der Waals surface area contributed by atoms with Crippen LogP contribution in [0.4, 0.5) is 10.1 Å². The van der Waals surface area contributed by atoms with Crippen molar-refractivity contribution in [2.24, 2.45) is 0 Å². The molecule has 5 heteroatoms. The zero-order valence-corrected chi connectivity index (χ0v) is 17.2. The van der Waals surface area contributed by atoms with Crippen molar-refractivity contribution in [1.82, 2.24) is 0 Å². The topological polar surface area (TPSA) is 36.3 Å². The molecule has 152 valence electrons. The number of fused-ring (bicyclic) bond motifs is 1. The molecule has 3 aromatic rings. The average molecular weight is 408 g/mol. The van der Waals surface area contributed by atoms with Crippen molar-refractivity contribution >= 4 is 19.0 Å². The van der Waals surface area contributed by atoms with E-state index in [9.17, 15) is 4.39 Å². The van der Waals surface area contributed by atoms with Crippen LogP contribution in [0.15, 0.2) is 66.7 Å². The lowest BCUT2D eigenvalue weighted by atomic mass is 9.68. The van der Waals surface area contributed by atoms with Gasteiger partial charge in [0, 0.05) is 11.6 Å². The molecular weight excluding hydrogens is 386 g/mol. The van der Waals surface area contributed by atoms with E-state index in [1.165, 1.54) is 16.7 Å². The first-order chi connectivity index (χ1) is 15.1. The molecule has 31 heavy (non-hydrogen) atoms. The van der Waals surface area contributed by atoms with Crippen LogP contribution in [-0.4, -0.2) is 27.0 Å². The lowest BCUT2D eigenvalue weighted by Crippen LogP contribution is -2.51. The monoisotopic (exact) mass is 408 g/mol. The molecule has 0 saturated carbocycles. The van der Waals surface area contributed by atoms with Gasteiger partial charge in [0.2, 0.25) is 0 Å². The van der Waals surface area contributed by atoms with Gasteiger partial charge in [-0.05, 0) is 65.3 Å². The van der Waals surface area contributed by atoms with Crippen molar-refractivity contribution in [2.45, 2.75) is 30.8 Å². The second kappa shape index (κ2) is 8.11. The van der Waals surface area contributed by atoms with Crippen LogP contribution < -0.4 is 10.4 Å². The summed E-state index contributed by atoms with van der Waals surface area (Å²) < 4.78 is 18.5. The third-order valence-corrected chi connectivity index (χ3v) is 6.61. The van der Waals surface area contributed by atoms with Gasteiger partial charge in [-0.2, -0.15) is 5.26 Å². The van der Waals surface area contributed by atoms with E-state index in [0.29, 0.717) is 0 Å². The lowest BCUT2D eigenvalue weighted by molar-refractivity contribution is 0.131. The van der Waals surface area contributed by atoms with E-state index < -0.39 is 0 Å². The Kier molecular flexibility index (Phi) is 5.15. The summed E-state index contributed by atoms with van der Waals surface area (Å²) in [5, 5.41) is 8.65. The van der Waals surface area contributed by atoms with Gasteiger partial charge in [-0.3, -0.25) is 0 Å². The summed E-state index contributed by atoms with van der Waals surface area (Å²) in [4.78, 5) is 2.21. The number of rotatable bonds is 4. The third-order valence-electron chi connectivity index (χ3n) is 6.61. The fourth-order valence-corrected chi connectivity index (χ4v) is 5.01. The first kappa shape index (κ1) is 19.7. The van der Waals surface area contributed by atoms with Gasteiger partial charge in [0.05, 0.1) is 13.1 Å². The van der Waals surface area contributed by atoms with E-state index in [0.717, 1.165) is 42.6 Å². The fourth-order valence-electron chi connectivity index (χ4n) is 5.01. The molecule has 1 fully saturated rings. The quantitative estimate of drug-likeness (QED) is 0.480. The van der Waals surface area contributed by atoms with Crippen molar-refractivity contribution in [3.8, 4) is 6.26 Å². The highest BCUT2D eigenvalue weighted by atomic mass is 19.1. The summed E-state index contributed by atoms with van der Waals surface area (Å²) in [7, 11) is 6.06. The highest BCUT2D eigenvalue weighted by Gasteiger charge is 2.33. The van der Waals surface area contributed by atoms with Crippen LogP contribution in [-0.2, 0) is 11.2 Å². The van der Waals surface area contributed by atoms with Gasteiger partial charge in [0.1, 0.15) is 19.8 Å². The molecule has 1 heterocycles. The number of aryl methyl sites for hydroxylation is 1. The number of ether oxygens (including phenoxy) is 1. The summed E-state index contributed by atoms with van der Waals surface area (Å²) in [5.74, 6) is 0.261. The summed E-state index contributed by atoms with van der Waals surface area (Å²) in [6.07, 6.45) is 3.72. The summed E-state index contributed by atoms with van der Waals surface area (Å²) in [6.45, 7) is 1.47. The third kappa shape index (κ3) is 3.79. The molecule has 0 spiro atoms. The number of halogens is 1. The van der Waals surface area contributed by atoms with E-state index >= 15 is 0 Å². The van der Waals surface area contributed by atoms with Crippen molar-refractivity contribution in [2.75, 3.05) is 18.0 Å².